The van der Waals surface area contributed by atoms with Crippen LogP contribution >= 0.6 is 47.8 Å². The van der Waals surface area contributed by atoms with Crippen molar-refractivity contribution in [1.82, 2.24) is 0 Å². The topological polar surface area (TPSA) is 35.8 Å². The number of nitrogens with zero attached hydrogens (tertiary/aromatic N) is 1. The Morgan fingerprint density at radius 1 is 1.24 bits per heavy atom. The Bertz CT molecular complexity index is 452. The number of nitrogens with one attached hydrogen (secondary N) is 1. The Kier molecular flexibility index (Phi) is 4.17. The maximum atomic E-state index is 8.78. The van der Waals surface area contributed by atoms with E-state index in [1.54, 1.807) is 0 Å². The number of hydrogen-bond donors (Lipinski definition) is 1. The first kappa shape index (κ1) is 13.4. The molecular weight excluding hydrogens is 412 g/mol. The van der Waals surface area contributed by atoms with Crippen molar-refractivity contribution in [2.24, 2.45) is 5.41 Å². The number of hydrogen-bond acceptors (Lipinski definition) is 2. The summed E-state index contributed by atoms with van der Waals surface area (Å²) >= 11 is 10.5. The summed E-state index contributed by atoms with van der Waals surface area (Å²) in [6.07, 6.45) is 2.95. The molecule has 0 aliphatic heterocycles. The van der Waals surface area contributed by atoms with Crippen molar-refractivity contribution >= 4 is 53.5 Å². The van der Waals surface area contributed by atoms with Crippen molar-refractivity contribution < 1.29 is 0 Å². The summed E-state index contributed by atoms with van der Waals surface area (Å²) in [5.41, 5.74) is 1.26. The van der Waals surface area contributed by atoms with E-state index < -0.39 is 0 Å². The second-order valence-corrected chi connectivity index (χ2v) is 7.06. The van der Waals surface area contributed by atoms with Gasteiger partial charge >= 0.3 is 0 Å². The van der Waals surface area contributed by atoms with Crippen LogP contribution < -0.4 is 5.32 Å². The van der Waals surface area contributed by atoms with Gasteiger partial charge in [-0.15, -0.1) is 0 Å². The zero-order valence-electron chi connectivity index (χ0n) is 9.06. The number of benzene rings is 1. The first-order chi connectivity index (χ1) is 8.06. The number of nitriles is 1. The lowest BCUT2D eigenvalue weighted by Gasteiger charge is -2.16. The molecule has 1 aliphatic carbocycles. The zero-order valence-corrected chi connectivity index (χ0v) is 13.8. The molecule has 1 aliphatic rings. The molecule has 0 aromatic heterocycles. The molecule has 2 rings (SSSR count). The third-order valence-electron chi connectivity index (χ3n) is 3.06. The molecule has 1 aromatic rings. The number of anilines is 1. The normalized spacial score (nSPS) is 16.4. The van der Waals surface area contributed by atoms with Crippen LogP contribution in [0.5, 0.6) is 0 Å². The monoisotopic (exact) mass is 420 g/mol. The fourth-order valence-electron chi connectivity index (χ4n) is 1.75. The van der Waals surface area contributed by atoms with Gasteiger partial charge in [0.15, 0.2) is 0 Å². The molecule has 0 bridgehead atoms. The van der Waals surface area contributed by atoms with E-state index in [0.29, 0.717) is 6.42 Å². The van der Waals surface area contributed by atoms with Gasteiger partial charge in [-0.2, -0.15) is 5.26 Å². The van der Waals surface area contributed by atoms with Crippen molar-refractivity contribution in [3.05, 3.63) is 25.6 Å². The van der Waals surface area contributed by atoms with E-state index >= 15 is 0 Å². The molecule has 1 aromatic carbocycles. The molecule has 0 saturated heterocycles. The van der Waals surface area contributed by atoms with E-state index in [0.717, 1.165) is 38.5 Å². The van der Waals surface area contributed by atoms with Crippen LogP contribution in [0.15, 0.2) is 25.6 Å². The van der Waals surface area contributed by atoms with Crippen molar-refractivity contribution in [2.45, 2.75) is 19.3 Å². The molecule has 0 unspecified atom stereocenters. The van der Waals surface area contributed by atoms with Crippen molar-refractivity contribution in [2.75, 3.05) is 11.9 Å². The molecule has 90 valence electrons. The molecule has 0 amide bonds. The number of halogens is 3. The summed E-state index contributed by atoms with van der Waals surface area (Å²) in [4.78, 5) is 0. The fourth-order valence-corrected chi connectivity index (χ4v) is 4.29. The number of rotatable bonds is 4. The lowest BCUT2D eigenvalue weighted by Crippen LogP contribution is -2.15. The van der Waals surface area contributed by atoms with E-state index in [1.165, 1.54) is 0 Å². The molecule has 1 N–H and O–H groups in total. The summed E-state index contributed by atoms with van der Waals surface area (Å²) in [5.74, 6) is 0. The minimum Gasteiger partial charge on any atom is -0.383 e. The van der Waals surface area contributed by atoms with Gasteiger partial charge in [-0.25, -0.2) is 0 Å². The van der Waals surface area contributed by atoms with Crippen LogP contribution in [-0.2, 0) is 0 Å². The van der Waals surface area contributed by atoms with Gasteiger partial charge in [0.25, 0.3) is 0 Å². The van der Waals surface area contributed by atoms with Gasteiger partial charge in [0.1, 0.15) is 0 Å². The Morgan fingerprint density at radius 3 is 2.29 bits per heavy atom. The van der Waals surface area contributed by atoms with Crippen LogP contribution in [0.4, 0.5) is 5.69 Å². The SMILES string of the molecule is N#CCC1(CNc2c(Br)cc(Br)cc2Br)CC1. The van der Waals surface area contributed by atoms with Crippen molar-refractivity contribution in [3.63, 3.8) is 0 Å². The van der Waals surface area contributed by atoms with Crippen LogP contribution in [0.3, 0.4) is 0 Å². The molecule has 0 spiro atoms. The Morgan fingerprint density at radius 2 is 1.82 bits per heavy atom. The zero-order chi connectivity index (χ0) is 12.5. The van der Waals surface area contributed by atoms with Gasteiger partial charge in [-0.1, -0.05) is 15.9 Å². The van der Waals surface area contributed by atoms with Gasteiger partial charge in [0.05, 0.1) is 11.8 Å². The second kappa shape index (κ2) is 5.29. The van der Waals surface area contributed by atoms with E-state index in [1.807, 2.05) is 12.1 Å². The Labute approximate surface area is 126 Å². The second-order valence-electron chi connectivity index (χ2n) is 4.43. The van der Waals surface area contributed by atoms with E-state index in [4.69, 9.17) is 5.26 Å². The maximum absolute atomic E-state index is 8.78. The van der Waals surface area contributed by atoms with Gasteiger partial charge in [-0.3, -0.25) is 0 Å². The lowest BCUT2D eigenvalue weighted by molar-refractivity contribution is 0.557. The first-order valence-corrected chi connectivity index (χ1v) is 7.70. The first-order valence-electron chi connectivity index (χ1n) is 5.32. The summed E-state index contributed by atoms with van der Waals surface area (Å²) in [5, 5.41) is 12.2. The molecule has 1 fully saturated rings. The highest BCUT2D eigenvalue weighted by atomic mass is 79.9. The Balaban J connectivity index is 2.07. The summed E-state index contributed by atoms with van der Waals surface area (Å²) in [6.45, 7) is 0.861. The molecule has 17 heavy (non-hydrogen) atoms. The van der Waals surface area contributed by atoms with Crippen LogP contribution in [0, 0.1) is 16.7 Å². The molecule has 0 atom stereocenters. The highest BCUT2D eigenvalue weighted by molar-refractivity contribution is 9.11. The molecule has 0 heterocycles. The third kappa shape index (κ3) is 3.24. The quantitative estimate of drug-likeness (QED) is 0.734. The fraction of sp³-hybridized carbons (Fsp3) is 0.417. The largest absolute Gasteiger partial charge is 0.383 e. The van der Waals surface area contributed by atoms with Crippen LogP contribution in [0.1, 0.15) is 19.3 Å². The summed E-state index contributed by atoms with van der Waals surface area (Å²) < 4.78 is 3.07. The van der Waals surface area contributed by atoms with Gasteiger partial charge in [-0.05, 0) is 56.8 Å². The average molecular weight is 423 g/mol. The van der Waals surface area contributed by atoms with E-state index in [9.17, 15) is 0 Å². The molecule has 1 saturated carbocycles. The summed E-state index contributed by atoms with van der Waals surface area (Å²) in [6, 6.07) is 6.30. The van der Waals surface area contributed by atoms with Gasteiger partial charge < -0.3 is 5.32 Å². The average Bonchev–Trinajstić information content (AvgIpc) is 2.97. The standard InChI is InChI=1S/C12H11Br3N2/c13-8-5-9(14)11(10(15)6-8)17-7-12(1-2-12)3-4-16/h5-6,17H,1-3,7H2. The molecule has 0 radical (unpaired) electrons. The van der Waals surface area contributed by atoms with Crippen molar-refractivity contribution in [3.8, 4) is 6.07 Å². The smallest absolute Gasteiger partial charge is 0.0630 e. The Hall–Kier alpha value is -0.0500. The predicted octanol–water partition coefficient (Wildman–Crippen LogP) is 5.08. The maximum Gasteiger partial charge on any atom is 0.0630 e. The lowest BCUT2D eigenvalue weighted by atomic mass is 10.0. The molecule has 5 heteroatoms. The molecular formula is C12H11Br3N2. The van der Waals surface area contributed by atoms with Crippen molar-refractivity contribution in [1.29, 1.82) is 5.26 Å². The van der Waals surface area contributed by atoms with Crippen LogP contribution in [0.25, 0.3) is 0 Å². The molecule has 2 nitrogen and oxygen atoms in total. The van der Waals surface area contributed by atoms with Crippen LogP contribution in [-0.4, -0.2) is 6.54 Å². The highest BCUT2D eigenvalue weighted by Gasteiger charge is 2.42. The van der Waals surface area contributed by atoms with E-state index in [-0.39, 0.29) is 5.41 Å². The van der Waals surface area contributed by atoms with Gasteiger partial charge in [0.2, 0.25) is 0 Å². The van der Waals surface area contributed by atoms with Gasteiger partial charge in [0, 0.05) is 31.8 Å². The summed E-state index contributed by atoms with van der Waals surface area (Å²) in [7, 11) is 0. The van der Waals surface area contributed by atoms with Crippen LogP contribution in [0.2, 0.25) is 0 Å². The minimum absolute atomic E-state index is 0.209. The van der Waals surface area contributed by atoms with E-state index in [2.05, 4.69) is 59.2 Å². The predicted molar refractivity (Wildman–Crippen MR) is 79.9 cm³/mol. The third-order valence-corrected chi connectivity index (χ3v) is 4.77. The minimum atomic E-state index is 0.209. The highest BCUT2D eigenvalue weighted by Crippen LogP contribution is 2.49.